The van der Waals surface area contributed by atoms with Crippen LogP contribution < -0.4 is 10.2 Å². The molecular formula is C16H24N2. The van der Waals surface area contributed by atoms with Crippen LogP contribution in [-0.4, -0.2) is 19.6 Å². The van der Waals surface area contributed by atoms with Gasteiger partial charge in [-0.1, -0.05) is 13.8 Å². The van der Waals surface area contributed by atoms with E-state index in [0.717, 1.165) is 18.4 Å². The summed E-state index contributed by atoms with van der Waals surface area (Å²) in [6.07, 6.45) is 3.86. The molecule has 1 atom stereocenters. The van der Waals surface area contributed by atoms with Gasteiger partial charge in [0.15, 0.2) is 0 Å². The lowest BCUT2D eigenvalue weighted by atomic mass is 9.95. The molecule has 1 aromatic rings. The highest BCUT2D eigenvalue weighted by atomic mass is 15.2. The molecule has 0 saturated carbocycles. The van der Waals surface area contributed by atoms with Gasteiger partial charge in [0.2, 0.25) is 0 Å². The zero-order valence-corrected chi connectivity index (χ0v) is 11.6. The van der Waals surface area contributed by atoms with Crippen molar-refractivity contribution in [3.63, 3.8) is 0 Å². The first-order chi connectivity index (χ1) is 8.74. The summed E-state index contributed by atoms with van der Waals surface area (Å²) in [7, 11) is 0. The first-order valence-electron chi connectivity index (χ1n) is 7.36. The third kappa shape index (κ3) is 2.21. The summed E-state index contributed by atoms with van der Waals surface area (Å²) in [6, 6.07) is 6.97. The smallest absolute Gasteiger partial charge is 0.0374 e. The molecule has 1 saturated heterocycles. The van der Waals surface area contributed by atoms with Crippen molar-refractivity contribution < 1.29 is 0 Å². The van der Waals surface area contributed by atoms with Gasteiger partial charge < -0.3 is 10.2 Å². The van der Waals surface area contributed by atoms with Crippen LogP contribution in [0.1, 0.15) is 32.3 Å². The minimum Gasteiger partial charge on any atom is -0.385 e. The van der Waals surface area contributed by atoms with Crippen molar-refractivity contribution in [1.82, 2.24) is 0 Å². The molecule has 1 fully saturated rings. The van der Waals surface area contributed by atoms with E-state index in [2.05, 4.69) is 42.3 Å². The summed E-state index contributed by atoms with van der Waals surface area (Å²) < 4.78 is 0. The van der Waals surface area contributed by atoms with E-state index < -0.39 is 0 Å². The summed E-state index contributed by atoms with van der Waals surface area (Å²) >= 11 is 0. The molecule has 0 amide bonds. The van der Waals surface area contributed by atoms with E-state index in [9.17, 15) is 0 Å². The molecule has 0 aromatic heterocycles. The Morgan fingerprint density at radius 1 is 1.33 bits per heavy atom. The molecule has 3 rings (SSSR count). The Morgan fingerprint density at radius 3 is 3.00 bits per heavy atom. The SMILES string of the molecule is CC(C)C1CCN(c2ccc3c(c2)CCCN3)C1. The van der Waals surface area contributed by atoms with E-state index in [-0.39, 0.29) is 0 Å². The fourth-order valence-corrected chi connectivity index (χ4v) is 3.22. The third-order valence-corrected chi connectivity index (χ3v) is 4.56. The Kier molecular flexibility index (Phi) is 3.19. The summed E-state index contributed by atoms with van der Waals surface area (Å²) in [5.74, 6) is 1.69. The average molecular weight is 244 g/mol. The van der Waals surface area contributed by atoms with Crippen LogP contribution in [0, 0.1) is 11.8 Å². The minimum absolute atomic E-state index is 0.814. The first-order valence-corrected chi connectivity index (χ1v) is 7.36. The molecule has 1 unspecified atom stereocenters. The molecule has 0 radical (unpaired) electrons. The molecule has 18 heavy (non-hydrogen) atoms. The van der Waals surface area contributed by atoms with E-state index >= 15 is 0 Å². The highest BCUT2D eigenvalue weighted by Crippen LogP contribution is 2.32. The number of rotatable bonds is 2. The lowest BCUT2D eigenvalue weighted by Crippen LogP contribution is -2.22. The van der Waals surface area contributed by atoms with Crippen LogP contribution in [0.25, 0.3) is 0 Å². The predicted molar refractivity (Wildman–Crippen MR) is 78.4 cm³/mol. The van der Waals surface area contributed by atoms with Crippen LogP contribution >= 0.6 is 0 Å². The Balaban J connectivity index is 1.77. The molecule has 2 heterocycles. The molecule has 2 nitrogen and oxygen atoms in total. The molecule has 0 bridgehead atoms. The van der Waals surface area contributed by atoms with Gasteiger partial charge in [-0.25, -0.2) is 0 Å². The van der Waals surface area contributed by atoms with E-state index in [4.69, 9.17) is 0 Å². The number of benzene rings is 1. The maximum absolute atomic E-state index is 3.49. The number of anilines is 2. The number of hydrogen-bond acceptors (Lipinski definition) is 2. The van der Waals surface area contributed by atoms with E-state index in [1.54, 1.807) is 0 Å². The van der Waals surface area contributed by atoms with Crippen molar-refractivity contribution in [2.45, 2.75) is 33.1 Å². The number of nitrogens with one attached hydrogen (secondary N) is 1. The van der Waals surface area contributed by atoms with Crippen LogP contribution in [0.3, 0.4) is 0 Å². The average Bonchev–Trinajstić information content (AvgIpc) is 2.88. The second-order valence-electron chi connectivity index (χ2n) is 6.11. The highest BCUT2D eigenvalue weighted by molar-refractivity contribution is 5.62. The lowest BCUT2D eigenvalue weighted by Gasteiger charge is -2.24. The van der Waals surface area contributed by atoms with E-state index in [1.807, 2.05) is 0 Å². The Bertz CT molecular complexity index is 425. The molecular weight excluding hydrogens is 220 g/mol. The van der Waals surface area contributed by atoms with Gasteiger partial charge in [0.1, 0.15) is 0 Å². The van der Waals surface area contributed by atoms with Crippen LogP contribution in [0.15, 0.2) is 18.2 Å². The van der Waals surface area contributed by atoms with Crippen molar-refractivity contribution in [2.24, 2.45) is 11.8 Å². The lowest BCUT2D eigenvalue weighted by molar-refractivity contribution is 0.423. The summed E-state index contributed by atoms with van der Waals surface area (Å²) in [5, 5.41) is 3.49. The first kappa shape index (κ1) is 11.9. The van der Waals surface area contributed by atoms with Crippen molar-refractivity contribution in [1.29, 1.82) is 0 Å². The van der Waals surface area contributed by atoms with Crippen molar-refractivity contribution in [3.05, 3.63) is 23.8 Å². The zero-order valence-electron chi connectivity index (χ0n) is 11.6. The number of nitrogens with zero attached hydrogens (tertiary/aromatic N) is 1. The molecule has 2 aliphatic rings. The fourth-order valence-electron chi connectivity index (χ4n) is 3.22. The van der Waals surface area contributed by atoms with Gasteiger partial charge in [0, 0.05) is 31.0 Å². The highest BCUT2D eigenvalue weighted by Gasteiger charge is 2.25. The molecule has 1 aromatic carbocycles. The maximum atomic E-state index is 3.49. The van der Waals surface area contributed by atoms with Gasteiger partial charge in [-0.15, -0.1) is 0 Å². The molecule has 2 aliphatic heterocycles. The molecule has 1 N–H and O–H groups in total. The van der Waals surface area contributed by atoms with E-state index in [1.165, 1.54) is 49.3 Å². The van der Waals surface area contributed by atoms with Crippen LogP contribution in [0.2, 0.25) is 0 Å². The maximum Gasteiger partial charge on any atom is 0.0374 e. The largest absolute Gasteiger partial charge is 0.385 e. The summed E-state index contributed by atoms with van der Waals surface area (Å²) in [4.78, 5) is 2.57. The predicted octanol–water partition coefficient (Wildman–Crippen LogP) is 3.53. The normalized spacial score (nSPS) is 23.1. The number of fused-ring (bicyclic) bond motifs is 1. The van der Waals surface area contributed by atoms with Gasteiger partial charge in [-0.05, 0) is 54.9 Å². The standard InChI is InChI=1S/C16H24N2/c1-12(2)14-7-9-18(11-14)15-5-6-16-13(10-15)4-3-8-17-16/h5-6,10,12,14,17H,3-4,7-9,11H2,1-2H3. The van der Waals surface area contributed by atoms with Crippen LogP contribution in [0.5, 0.6) is 0 Å². The van der Waals surface area contributed by atoms with Gasteiger partial charge in [0.05, 0.1) is 0 Å². The molecule has 0 spiro atoms. The van der Waals surface area contributed by atoms with Crippen LogP contribution in [0.4, 0.5) is 11.4 Å². The second kappa shape index (κ2) is 4.83. The quantitative estimate of drug-likeness (QED) is 0.856. The fraction of sp³-hybridized carbons (Fsp3) is 0.625. The molecule has 98 valence electrons. The minimum atomic E-state index is 0.814. The number of aryl methyl sites for hydroxylation is 1. The zero-order chi connectivity index (χ0) is 12.5. The van der Waals surface area contributed by atoms with Gasteiger partial charge in [-0.2, -0.15) is 0 Å². The third-order valence-electron chi connectivity index (χ3n) is 4.56. The van der Waals surface area contributed by atoms with Gasteiger partial charge >= 0.3 is 0 Å². The Hall–Kier alpha value is -1.18. The topological polar surface area (TPSA) is 15.3 Å². The molecule has 0 aliphatic carbocycles. The monoisotopic (exact) mass is 244 g/mol. The number of hydrogen-bond donors (Lipinski definition) is 1. The Morgan fingerprint density at radius 2 is 2.22 bits per heavy atom. The van der Waals surface area contributed by atoms with Gasteiger partial charge in [0.25, 0.3) is 0 Å². The summed E-state index contributed by atoms with van der Waals surface area (Å²) in [5.41, 5.74) is 4.29. The van der Waals surface area contributed by atoms with Gasteiger partial charge in [-0.3, -0.25) is 0 Å². The van der Waals surface area contributed by atoms with Crippen LogP contribution in [-0.2, 0) is 6.42 Å². The Labute approximate surface area is 110 Å². The molecule has 2 heteroatoms. The van der Waals surface area contributed by atoms with E-state index in [0.29, 0.717) is 0 Å². The van der Waals surface area contributed by atoms with Crippen molar-refractivity contribution >= 4 is 11.4 Å². The van der Waals surface area contributed by atoms with Crippen molar-refractivity contribution in [2.75, 3.05) is 29.9 Å². The van der Waals surface area contributed by atoms with Crippen molar-refractivity contribution in [3.8, 4) is 0 Å². The summed E-state index contributed by atoms with van der Waals surface area (Å²) in [6.45, 7) is 8.31. The second-order valence-corrected chi connectivity index (χ2v) is 6.11.